The maximum atomic E-state index is 6.03. The van der Waals surface area contributed by atoms with E-state index in [0.29, 0.717) is 21.5 Å². The smallest absolute Gasteiger partial charge is 0.209 e. The van der Waals surface area contributed by atoms with E-state index >= 15 is 0 Å². The van der Waals surface area contributed by atoms with Gasteiger partial charge in [-0.3, -0.25) is 0 Å². The van der Waals surface area contributed by atoms with Gasteiger partial charge >= 0.3 is 0 Å². The summed E-state index contributed by atoms with van der Waals surface area (Å²) in [6.07, 6.45) is 0. The molecule has 0 amide bonds. The van der Waals surface area contributed by atoms with Crippen LogP contribution in [0.5, 0.6) is 10.1 Å². The minimum atomic E-state index is 0.674. The Kier molecular flexibility index (Phi) is 5.42. The van der Waals surface area contributed by atoms with Crippen LogP contribution in [0.4, 0.5) is 22.7 Å². The van der Waals surface area contributed by atoms with E-state index in [0.717, 1.165) is 11.4 Å². The molecular weight excluding hydrogens is 376 g/mol. The van der Waals surface area contributed by atoms with Crippen LogP contribution in [0.3, 0.4) is 0 Å². The standard InChI is InChI=1S/C20H14N4OS2/c1-3-7-15(8-4-1)21-23-17-11-13-26-19(17)25-20-18(12-14-27-20)24-22-16-9-5-2-6-10-16/h1-14H. The maximum absolute atomic E-state index is 6.03. The first-order chi connectivity index (χ1) is 13.4. The predicted octanol–water partition coefficient (Wildman–Crippen LogP) is 8.43. The van der Waals surface area contributed by atoms with Crippen LogP contribution in [0.15, 0.2) is 104 Å². The molecule has 27 heavy (non-hydrogen) atoms. The van der Waals surface area contributed by atoms with Crippen LogP contribution in [0.1, 0.15) is 0 Å². The van der Waals surface area contributed by atoms with Crippen molar-refractivity contribution in [2.24, 2.45) is 20.5 Å². The van der Waals surface area contributed by atoms with Gasteiger partial charge in [0.05, 0.1) is 11.4 Å². The number of hydrogen-bond donors (Lipinski definition) is 0. The molecule has 0 spiro atoms. The second-order valence-corrected chi connectivity index (χ2v) is 7.12. The van der Waals surface area contributed by atoms with Gasteiger partial charge in [-0.2, -0.15) is 10.2 Å². The molecule has 0 N–H and O–H groups in total. The zero-order valence-corrected chi connectivity index (χ0v) is 15.7. The number of benzene rings is 2. The summed E-state index contributed by atoms with van der Waals surface area (Å²) in [4.78, 5) is 0. The third-order valence-corrected chi connectivity index (χ3v) is 5.02. The van der Waals surface area contributed by atoms with E-state index < -0.39 is 0 Å². The van der Waals surface area contributed by atoms with Gasteiger partial charge in [-0.1, -0.05) is 36.4 Å². The molecule has 4 rings (SSSR count). The van der Waals surface area contributed by atoms with Gasteiger partial charge in [0.25, 0.3) is 0 Å². The molecule has 0 radical (unpaired) electrons. The summed E-state index contributed by atoms with van der Waals surface area (Å²) in [5, 5.41) is 22.3. The van der Waals surface area contributed by atoms with Gasteiger partial charge in [-0.05, 0) is 47.2 Å². The van der Waals surface area contributed by atoms with Crippen molar-refractivity contribution in [2.45, 2.75) is 0 Å². The summed E-state index contributed by atoms with van der Waals surface area (Å²) >= 11 is 2.93. The third kappa shape index (κ3) is 4.52. The van der Waals surface area contributed by atoms with Crippen LogP contribution in [0, 0.1) is 0 Å². The summed E-state index contributed by atoms with van der Waals surface area (Å²) in [5.74, 6) is 0. The van der Waals surface area contributed by atoms with E-state index in [1.54, 1.807) is 0 Å². The zero-order valence-electron chi connectivity index (χ0n) is 14.1. The molecule has 0 aliphatic heterocycles. The Morgan fingerprint density at radius 3 is 1.41 bits per heavy atom. The Labute approximate surface area is 164 Å². The molecule has 0 unspecified atom stereocenters. The molecule has 2 aromatic heterocycles. The van der Waals surface area contributed by atoms with E-state index in [-0.39, 0.29) is 0 Å². The highest BCUT2D eigenvalue weighted by molar-refractivity contribution is 7.14. The second kappa shape index (κ2) is 8.48. The third-order valence-electron chi connectivity index (χ3n) is 3.46. The first-order valence-corrected chi connectivity index (χ1v) is 9.91. The quantitative estimate of drug-likeness (QED) is 0.305. The molecule has 0 fully saturated rings. The Morgan fingerprint density at radius 1 is 0.519 bits per heavy atom. The van der Waals surface area contributed by atoms with Crippen molar-refractivity contribution in [1.29, 1.82) is 0 Å². The molecule has 4 aromatic rings. The topological polar surface area (TPSA) is 58.7 Å². The van der Waals surface area contributed by atoms with E-state index in [4.69, 9.17) is 4.74 Å². The van der Waals surface area contributed by atoms with Crippen LogP contribution < -0.4 is 4.74 Å². The highest BCUT2D eigenvalue weighted by Gasteiger charge is 2.11. The first kappa shape index (κ1) is 17.3. The summed E-state index contributed by atoms with van der Waals surface area (Å²) in [5.41, 5.74) is 2.96. The summed E-state index contributed by atoms with van der Waals surface area (Å²) in [7, 11) is 0. The number of hydrogen-bond acceptors (Lipinski definition) is 7. The summed E-state index contributed by atoms with van der Waals surface area (Å²) in [6, 6.07) is 23.0. The van der Waals surface area contributed by atoms with Crippen molar-refractivity contribution in [1.82, 2.24) is 0 Å². The summed E-state index contributed by atoms with van der Waals surface area (Å²) < 4.78 is 6.03. The van der Waals surface area contributed by atoms with E-state index in [1.165, 1.54) is 22.7 Å². The minimum Gasteiger partial charge on any atom is -0.431 e. The Morgan fingerprint density at radius 2 is 0.963 bits per heavy atom. The zero-order chi connectivity index (χ0) is 18.3. The van der Waals surface area contributed by atoms with Gasteiger partial charge in [-0.25, -0.2) is 0 Å². The van der Waals surface area contributed by atoms with Gasteiger partial charge in [-0.15, -0.1) is 32.9 Å². The van der Waals surface area contributed by atoms with Crippen molar-refractivity contribution >= 4 is 45.4 Å². The molecule has 0 saturated carbocycles. The summed E-state index contributed by atoms with van der Waals surface area (Å²) in [6.45, 7) is 0. The fourth-order valence-electron chi connectivity index (χ4n) is 2.18. The van der Waals surface area contributed by atoms with E-state index in [1.807, 2.05) is 83.6 Å². The Hall–Kier alpha value is -3.16. The van der Waals surface area contributed by atoms with E-state index in [2.05, 4.69) is 20.5 Å². The number of ether oxygens (including phenoxy) is 1. The van der Waals surface area contributed by atoms with Gasteiger partial charge < -0.3 is 4.74 Å². The predicted molar refractivity (Wildman–Crippen MR) is 110 cm³/mol. The van der Waals surface area contributed by atoms with Crippen molar-refractivity contribution in [3.63, 3.8) is 0 Å². The second-order valence-electron chi connectivity index (χ2n) is 5.36. The maximum Gasteiger partial charge on any atom is 0.209 e. The van der Waals surface area contributed by atoms with Crippen LogP contribution in [0.25, 0.3) is 0 Å². The van der Waals surface area contributed by atoms with Gasteiger partial charge in [0.2, 0.25) is 10.1 Å². The average molecular weight is 390 g/mol. The number of rotatable bonds is 6. The fraction of sp³-hybridized carbons (Fsp3) is 0. The SMILES string of the molecule is c1ccc(N=Nc2ccsc2Oc2sccc2N=Nc2ccccc2)cc1. The van der Waals surface area contributed by atoms with Crippen molar-refractivity contribution in [2.75, 3.05) is 0 Å². The van der Waals surface area contributed by atoms with Gasteiger partial charge in [0.1, 0.15) is 11.4 Å². The highest BCUT2D eigenvalue weighted by Crippen LogP contribution is 2.44. The van der Waals surface area contributed by atoms with Crippen LogP contribution in [0.2, 0.25) is 0 Å². The molecule has 0 aliphatic carbocycles. The number of azo groups is 2. The molecular formula is C20H14N4OS2. The number of thiophene rings is 2. The molecule has 2 aromatic carbocycles. The largest absolute Gasteiger partial charge is 0.431 e. The molecule has 5 nitrogen and oxygen atoms in total. The number of nitrogens with zero attached hydrogens (tertiary/aromatic N) is 4. The average Bonchev–Trinajstić information content (AvgIpc) is 3.36. The molecule has 0 atom stereocenters. The van der Waals surface area contributed by atoms with Crippen LogP contribution in [-0.2, 0) is 0 Å². The normalized spacial score (nSPS) is 11.4. The Balaban J connectivity index is 1.51. The molecule has 0 bridgehead atoms. The molecule has 2 heterocycles. The molecule has 0 aliphatic rings. The van der Waals surface area contributed by atoms with Gasteiger partial charge in [0.15, 0.2) is 0 Å². The lowest BCUT2D eigenvalue weighted by Gasteiger charge is -2.02. The van der Waals surface area contributed by atoms with Crippen LogP contribution >= 0.6 is 22.7 Å². The molecule has 132 valence electrons. The van der Waals surface area contributed by atoms with E-state index in [9.17, 15) is 0 Å². The Bertz CT molecular complexity index is 970. The molecule has 0 saturated heterocycles. The fourth-order valence-corrected chi connectivity index (χ4v) is 3.59. The van der Waals surface area contributed by atoms with Crippen molar-refractivity contribution in [3.05, 3.63) is 83.6 Å². The monoisotopic (exact) mass is 390 g/mol. The van der Waals surface area contributed by atoms with Crippen molar-refractivity contribution < 1.29 is 4.74 Å². The lowest BCUT2D eigenvalue weighted by molar-refractivity contribution is 0.512. The highest BCUT2D eigenvalue weighted by atomic mass is 32.1. The lowest BCUT2D eigenvalue weighted by Crippen LogP contribution is -1.77. The minimum absolute atomic E-state index is 0.674. The lowest BCUT2D eigenvalue weighted by atomic mass is 10.3. The van der Waals surface area contributed by atoms with Crippen LogP contribution in [-0.4, -0.2) is 0 Å². The van der Waals surface area contributed by atoms with Crippen molar-refractivity contribution in [3.8, 4) is 10.1 Å². The molecule has 7 heteroatoms. The first-order valence-electron chi connectivity index (χ1n) is 8.15. The van der Waals surface area contributed by atoms with Gasteiger partial charge in [0, 0.05) is 0 Å².